The van der Waals surface area contributed by atoms with Gasteiger partial charge in [-0.3, -0.25) is 0 Å². The highest BCUT2D eigenvalue weighted by Gasteiger charge is 1.91. The molecule has 0 bridgehead atoms. The number of hydrogen-bond acceptors (Lipinski definition) is 2. The lowest BCUT2D eigenvalue weighted by Crippen LogP contribution is -1.92. The third-order valence-corrected chi connectivity index (χ3v) is 1.96. The molecule has 0 atom stereocenters. The molecule has 3 heteroatoms. The van der Waals surface area contributed by atoms with Crippen LogP contribution in [0.3, 0.4) is 0 Å². The van der Waals surface area contributed by atoms with Gasteiger partial charge < -0.3 is 4.74 Å². The van der Waals surface area contributed by atoms with Crippen molar-refractivity contribution in [1.29, 1.82) is 5.26 Å². The van der Waals surface area contributed by atoms with Gasteiger partial charge in [-0.05, 0) is 17.7 Å². The van der Waals surface area contributed by atoms with Gasteiger partial charge in [0.2, 0.25) is 0 Å². The number of hydrogen-bond donors (Lipinski definition) is 0. The largest absolute Gasteiger partial charge is 0.479 e. The summed E-state index contributed by atoms with van der Waals surface area (Å²) in [4.78, 5) is 0. The summed E-state index contributed by atoms with van der Waals surface area (Å²) >= 11 is 3.31. The number of ether oxygens (including phenoxy) is 1. The number of alkyl halides is 1. The summed E-state index contributed by atoms with van der Waals surface area (Å²) in [7, 11) is 0. The number of nitrogens with zero attached hydrogens (tertiary/aromatic N) is 1. The Bertz CT molecular complexity index is 337. The highest BCUT2D eigenvalue weighted by Crippen LogP contribution is 2.12. The Hall–Kier alpha value is -1.27. The van der Waals surface area contributed by atoms with E-state index < -0.39 is 0 Å². The van der Waals surface area contributed by atoms with Crippen LogP contribution in [-0.2, 0) is 0 Å². The van der Waals surface area contributed by atoms with Gasteiger partial charge in [0.25, 0.3) is 0 Å². The summed E-state index contributed by atoms with van der Waals surface area (Å²) in [6.07, 6.45) is 4.04. The monoisotopic (exact) mass is 251 g/mol. The van der Waals surface area contributed by atoms with Crippen molar-refractivity contribution in [2.24, 2.45) is 0 Å². The number of halogens is 1. The third kappa shape index (κ3) is 3.63. The molecule has 0 radical (unpaired) electrons. The summed E-state index contributed by atoms with van der Waals surface area (Å²) in [6.45, 7) is 0.0938. The molecule has 0 fully saturated rings. The molecule has 0 aliphatic heterocycles. The first-order valence-corrected chi connectivity index (χ1v) is 5.31. The first kappa shape index (κ1) is 10.8. The fourth-order valence-corrected chi connectivity index (χ4v) is 1.16. The SMILES string of the molecule is N#CCOc1ccc(C=CCBr)cc1. The summed E-state index contributed by atoms with van der Waals surface area (Å²) in [5, 5.41) is 9.15. The molecule has 0 unspecified atom stereocenters. The van der Waals surface area contributed by atoms with Gasteiger partial charge in [-0.25, -0.2) is 0 Å². The van der Waals surface area contributed by atoms with E-state index in [4.69, 9.17) is 10.00 Å². The van der Waals surface area contributed by atoms with E-state index in [1.54, 1.807) is 0 Å². The van der Waals surface area contributed by atoms with Gasteiger partial charge in [-0.2, -0.15) is 5.26 Å². The first-order valence-electron chi connectivity index (χ1n) is 4.19. The lowest BCUT2D eigenvalue weighted by molar-refractivity contribution is 0.368. The number of nitriles is 1. The van der Waals surface area contributed by atoms with Crippen molar-refractivity contribution < 1.29 is 4.74 Å². The summed E-state index contributed by atoms with van der Waals surface area (Å²) in [5.74, 6) is 0.725. The van der Waals surface area contributed by atoms with Crippen LogP contribution >= 0.6 is 15.9 Å². The number of rotatable bonds is 4. The van der Waals surface area contributed by atoms with Crippen molar-refractivity contribution >= 4 is 22.0 Å². The van der Waals surface area contributed by atoms with Gasteiger partial charge >= 0.3 is 0 Å². The van der Waals surface area contributed by atoms with E-state index in [-0.39, 0.29) is 6.61 Å². The van der Waals surface area contributed by atoms with E-state index in [1.165, 1.54) is 0 Å². The smallest absolute Gasteiger partial charge is 0.174 e. The number of benzene rings is 1. The molecule has 0 heterocycles. The average Bonchev–Trinajstić information content (AvgIpc) is 2.25. The van der Waals surface area contributed by atoms with Crippen molar-refractivity contribution in [2.75, 3.05) is 11.9 Å². The molecular formula is C11H10BrNO. The summed E-state index contributed by atoms with van der Waals surface area (Å²) in [6, 6.07) is 9.53. The summed E-state index contributed by atoms with van der Waals surface area (Å²) < 4.78 is 5.12. The predicted molar refractivity (Wildman–Crippen MR) is 60.4 cm³/mol. The molecule has 0 amide bonds. The van der Waals surface area contributed by atoms with Gasteiger partial charge in [-0.15, -0.1) is 0 Å². The van der Waals surface area contributed by atoms with E-state index in [2.05, 4.69) is 15.9 Å². The van der Waals surface area contributed by atoms with Gasteiger partial charge in [0.05, 0.1) is 0 Å². The highest BCUT2D eigenvalue weighted by atomic mass is 79.9. The molecule has 0 saturated heterocycles. The van der Waals surface area contributed by atoms with Gasteiger partial charge in [0.15, 0.2) is 6.61 Å². The molecule has 0 spiro atoms. The van der Waals surface area contributed by atoms with E-state index in [0.29, 0.717) is 0 Å². The Kier molecular flexibility index (Phi) is 4.81. The lowest BCUT2D eigenvalue weighted by atomic mass is 10.2. The van der Waals surface area contributed by atoms with Crippen LogP contribution in [0, 0.1) is 11.3 Å². The van der Waals surface area contributed by atoms with Crippen molar-refractivity contribution in [3.63, 3.8) is 0 Å². The molecule has 1 rings (SSSR count). The number of allylic oxidation sites excluding steroid dienone is 1. The van der Waals surface area contributed by atoms with Gasteiger partial charge in [-0.1, -0.05) is 40.2 Å². The fraction of sp³-hybridized carbons (Fsp3) is 0.182. The Morgan fingerprint density at radius 3 is 2.64 bits per heavy atom. The summed E-state index contributed by atoms with van der Waals surface area (Å²) in [5.41, 5.74) is 1.12. The first-order chi connectivity index (χ1) is 6.86. The molecule has 0 aliphatic carbocycles. The maximum atomic E-state index is 8.31. The Morgan fingerprint density at radius 1 is 1.36 bits per heavy atom. The minimum Gasteiger partial charge on any atom is -0.479 e. The molecule has 0 saturated carbocycles. The van der Waals surface area contributed by atoms with Gasteiger partial charge in [0.1, 0.15) is 11.8 Å². The van der Waals surface area contributed by atoms with E-state index >= 15 is 0 Å². The molecule has 2 nitrogen and oxygen atoms in total. The quantitative estimate of drug-likeness (QED) is 0.771. The lowest BCUT2D eigenvalue weighted by Gasteiger charge is -2.00. The Labute approximate surface area is 91.9 Å². The van der Waals surface area contributed by atoms with Crippen molar-refractivity contribution in [3.8, 4) is 11.8 Å². The topological polar surface area (TPSA) is 33.0 Å². The molecule has 1 aromatic carbocycles. The van der Waals surface area contributed by atoms with Crippen molar-refractivity contribution in [1.82, 2.24) is 0 Å². The fourth-order valence-electron chi connectivity index (χ4n) is 0.971. The van der Waals surface area contributed by atoms with Crippen molar-refractivity contribution in [3.05, 3.63) is 35.9 Å². The minimum absolute atomic E-state index is 0.0938. The normalized spacial score (nSPS) is 10.0. The van der Waals surface area contributed by atoms with Crippen LogP contribution in [0.2, 0.25) is 0 Å². The third-order valence-electron chi connectivity index (χ3n) is 1.58. The Balaban J connectivity index is 2.60. The standard InChI is InChI=1S/C11H10BrNO/c12-7-1-2-10-3-5-11(6-4-10)14-9-8-13/h1-6H,7,9H2. The molecule has 1 aromatic rings. The molecular weight excluding hydrogens is 242 g/mol. The van der Waals surface area contributed by atoms with Gasteiger partial charge in [0, 0.05) is 5.33 Å². The van der Waals surface area contributed by atoms with Crippen LogP contribution in [0.15, 0.2) is 30.3 Å². The highest BCUT2D eigenvalue weighted by molar-refractivity contribution is 9.09. The van der Waals surface area contributed by atoms with Crippen LogP contribution in [-0.4, -0.2) is 11.9 Å². The van der Waals surface area contributed by atoms with Crippen molar-refractivity contribution in [2.45, 2.75) is 0 Å². The van der Waals surface area contributed by atoms with Crippen LogP contribution in [0.4, 0.5) is 0 Å². The van der Waals surface area contributed by atoms with Crippen LogP contribution < -0.4 is 4.74 Å². The second-order valence-electron chi connectivity index (χ2n) is 2.57. The van der Waals surface area contributed by atoms with Crippen LogP contribution in [0.1, 0.15) is 5.56 Å². The average molecular weight is 252 g/mol. The molecule has 14 heavy (non-hydrogen) atoms. The second-order valence-corrected chi connectivity index (χ2v) is 3.22. The second kappa shape index (κ2) is 6.22. The van der Waals surface area contributed by atoms with E-state index in [0.717, 1.165) is 16.6 Å². The van der Waals surface area contributed by atoms with Crippen LogP contribution in [0.25, 0.3) is 6.08 Å². The zero-order valence-electron chi connectivity index (χ0n) is 7.61. The van der Waals surface area contributed by atoms with E-state index in [1.807, 2.05) is 42.5 Å². The maximum Gasteiger partial charge on any atom is 0.174 e. The molecule has 0 aromatic heterocycles. The molecule has 0 aliphatic rings. The maximum absolute atomic E-state index is 8.31. The molecule has 0 N–H and O–H groups in total. The molecule has 72 valence electrons. The predicted octanol–water partition coefficient (Wildman–Crippen LogP) is 3.00. The zero-order valence-corrected chi connectivity index (χ0v) is 9.20. The zero-order chi connectivity index (χ0) is 10.2. The Morgan fingerprint density at radius 2 is 2.07 bits per heavy atom. The van der Waals surface area contributed by atoms with E-state index in [9.17, 15) is 0 Å². The van der Waals surface area contributed by atoms with Crippen LogP contribution in [0.5, 0.6) is 5.75 Å². The minimum atomic E-state index is 0.0938.